The molecule has 0 aliphatic heterocycles. The fourth-order valence-corrected chi connectivity index (χ4v) is 3.14. The summed E-state index contributed by atoms with van der Waals surface area (Å²) in [5.41, 5.74) is 6.55. The summed E-state index contributed by atoms with van der Waals surface area (Å²) in [7, 11) is 0. The van der Waals surface area contributed by atoms with Crippen LogP contribution in [0.15, 0.2) is 18.2 Å². The molecule has 1 aromatic rings. The largest absolute Gasteiger partial charge is 0.0721 e. The van der Waals surface area contributed by atoms with Gasteiger partial charge in [-0.1, -0.05) is 45.1 Å². The molecule has 0 heteroatoms. The zero-order valence-corrected chi connectivity index (χ0v) is 10.4. The highest BCUT2D eigenvalue weighted by Crippen LogP contribution is 2.41. The van der Waals surface area contributed by atoms with Crippen molar-refractivity contribution in [3.63, 3.8) is 0 Å². The molecule has 0 saturated carbocycles. The maximum atomic E-state index is 2.44. The Morgan fingerprint density at radius 2 is 1.75 bits per heavy atom. The van der Waals surface area contributed by atoms with Crippen LogP contribution in [0.3, 0.4) is 0 Å². The van der Waals surface area contributed by atoms with Crippen molar-refractivity contribution in [2.24, 2.45) is 5.41 Å². The Labute approximate surface area is 98.4 Å². The summed E-state index contributed by atoms with van der Waals surface area (Å²) in [4.78, 5) is 0. The lowest BCUT2D eigenvalue weighted by atomic mass is 9.90. The predicted octanol–water partition coefficient (Wildman–Crippen LogP) is 4.17. The van der Waals surface area contributed by atoms with Crippen LogP contribution in [-0.4, -0.2) is 0 Å². The molecule has 0 atom stereocenters. The minimum atomic E-state index is 0.466. The van der Waals surface area contributed by atoms with Crippen LogP contribution in [0.25, 0.3) is 6.08 Å². The van der Waals surface area contributed by atoms with Gasteiger partial charge in [0.2, 0.25) is 0 Å². The highest BCUT2D eigenvalue weighted by molar-refractivity contribution is 5.70. The summed E-state index contributed by atoms with van der Waals surface area (Å²) in [6.45, 7) is 6.99. The number of hydrogen-bond acceptors (Lipinski definition) is 0. The van der Waals surface area contributed by atoms with E-state index in [-0.39, 0.29) is 0 Å². The monoisotopic (exact) mass is 211 g/mol. The first kappa shape index (κ1) is 10.1. The molecule has 2 aliphatic carbocycles. The number of benzene rings is 1. The minimum absolute atomic E-state index is 0.466. The normalized spacial score (nSPS) is 21.2. The molecule has 83 valence electrons. The molecule has 2 aliphatic rings. The molecule has 16 heavy (non-hydrogen) atoms. The summed E-state index contributed by atoms with van der Waals surface area (Å²) in [5.74, 6) is 1.50. The van der Waals surface area contributed by atoms with Crippen molar-refractivity contribution < 1.29 is 0 Å². The van der Waals surface area contributed by atoms with Gasteiger partial charge in [-0.15, -0.1) is 0 Å². The zero-order valence-electron chi connectivity index (χ0n) is 10.4. The van der Waals surface area contributed by atoms with Gasteiger partial charge in [-0.25, -0.2) is 0 Å². The van der Waals surface area contributed by atoms with Crippen LogP contribution >= 0.6 is 0 Å². The van der Waals surface area contributed by atoms with Crippen molar-refractivity contribution in [1.82, 2.24) is 0 Å². The van der Waals surface area contributed by atoms with E-state index in [4.69, 9.17) is 0 Å². The van der Waals surface area contributed by atoms with Gasteiger partial charge < -0.3 is 0 Å². The van der Waals surface area contributed by atoms with E-state index in [1.807, 2.05) is 0 Å². The third-order valence-corrected chi connectivity index (χ3v) is 3.90. The van der Waals surface area contributed by atoms with Gasteiger partial charge in [0, 0.05) is 5.92 Å². The number of hydrogen-bond donors (Lipinski definition) is 0. The number of fused-ring (bicyclic) bond motifs is 2. The summed E-state index contributed by atoms with van der Waals surface area (Å²) >= 11 is 0. The summed E-state index contributed by atoms with van der Waals surface area (Å²) in [6, 6.07) is 4.86. The average Bonchev–Trinajstić information content (AvgIpc) is 2.71. The van der Waals surface area contributed by atoms with Crippen molar-refractivity contribution >= 4 is 6.08 Å². The van der Waals surface area contributed by atoms with Gasteiger partial charge in [0.05, 0.1) is 0 Å². The van der Waals surface area contributed by atoms with Crippen LogP contribution in [0.1, 0.15) is 49.4 Å². The molecule has 0 aromatic heterocycles. The van der Waals surface area contributed by atoms with Gasteiger partial charge in [-0.05, 0) is 46.9 Å². The van der Waals surface area contributed by atoms with Gasteiger partial charge in [-0.2, -0.15) is 0 Å². The number of rotatable bonds is 1. The Bertz CT molecular complexity index is 463. The fraction of sp³-hybridized carbons (Fsp3) is 0.438. The Morgan fingerprint density at radius 1 is 1.06 bits per heavy atom. The van der Waals surface area contributed by atoms with E-state index in [0.29, 0.717) is 5.41 Å². The van der Waals surface area contributed by atoms with E-state index in [0.717, 1.165) is 6.42 Å². The lowest BCUT2D eigenvalue weighted by Gasteiger charge is -2.14. The van der Waals surface area contributed by atoms with Crippen molar-refractivity contribution in [1.29, 1.82) is 0 Å². The molecule has 0 bridgehead atoms. The molecule has 0 amide bonds. The first-order valence-corrected chi connectivity index (χ1v) is 6.29. The molecule has 0 unspecified atom stereocenters. The second-order valence-corrected chi connectivity index (χ2v) is 5.94. The fourth-order valence-electron chi connectivity index (χ4n) is 3.14. The molecule has 3 rings (SSSR count). The van der Waals surface area contributed by atoms with E-state index in [2.05, 4.69) is 45.1 Å². The highest BCUT2D eigenvalue weighted by atomic mass is 14.3. The van der Waals surface area contributed by atoms with E-state index >= 15 is 0 Å². The zero-order chi connectivity index (χ0) is 11.3. The molecular formula is C16H19. The van der Waals surface area contributed by atoms with Crippen molar-refractivity contribution in [3.05, 3.63) is 46.4 Å². The Morgan fingerprint density at radius 3 is 2.44 bits per heavy atom. The Kier molecular flexibility index (Phi) is 2.04. The molecule has 1 aromatic carbocycles. The van der Waals surface area contributed by atoms with Crippen molar-refractivity contribution in [2.75, 3.05) is 0 Å². The second kappa shape index (κ2) is 3.23. The average molecular weight is 211 g/mol. The maximum absolute atomic E-state index is 2.44. The SMILES string of the molecule is CC[C]1C=Cc2cc3c(cc21)CC(C)(C)C3. The summed E-state index contributed by atoms with van der Waals surface area (Å²) in [5, 5.41) is 0. The van der Waals surface area contributed by atoms with Crippen LogP contribution < -0.4 is 0 Å². The van der Waals surface area contributed by atoms with E-state index in [9.17, 15) is 0 Å². The molecular weight excluding hydrogens is 192 g/mol. The van der Waals surface area contributed by atoms with Gasteiger partial charge in [0.25, 0.3) is 0 Å². The van der Waals surface area contributed by atoms with Crippen LogP contribution in [-0.2, 0) is 12.8 Å². The van der Waals surface area contributed by atoms with E-state index in [1.54, 1.807) is 11.1 Å². The summed E-state index contributed by atoms with van der Waals surface area (Å²) in [6.07, 6.45) is 8.19. The van der Waals surface area contributed by atoms with Crippen LogP contribution in [0, 0.1) is 11.3 Å². The number of allylic oxidation sites excluding steroid dienone is 1. The lowest BCUT2D eigenvalue weighted by Crippen LogP contribution is -2.09. The predicted molar refractivity (Wildman–Crippen MR) is 69.3 cm³/mol. The van der Waals surface area contributed by atoms with Crippen molar-refractivity contribution in [2.45, 2.75) is 40.0 Å². The van der Waals surface area contributed by atoms with Crippen LogP contribution in [0.2, 0.25) is 0 Å². The van der Waals surface area contributed by atoms with Gasteiger partial charge in [0.1, 0.15) is 0 Å². The quantitative estimate of drug-likeness (QED) is 0.654. The first-order valence-electron chi connectivity index (χ1n) is 6.29. The lowest BCUT2D eigenvalue weighted by molar-refractivity contribution is 0.392. The molecule has 0 saturated heterocycles. The van der Waals surface area contributed by atoms with Gasteiger partial charge in [-0.3, -0.25) is 0 Å². The maximum Gasteiger partial charge on any atom is 0.0270 e. The minimum Gasteiger partial charge on any atom is -0.0721 e. The summed E-state index contributed by atoms with van der Waals surface area (Å²) < 4.78 is 0. The van der Waals surface area contributed by atoms with Crippen molar-refractivity contribution in [3.8, 4) is 0 Å². The van der Waals surface area contributed by atoms with Crippen LogP contribution in [0.4, 0.5) is 0 Å². The molecule has 0 N–H and O–H groups in total. The van der Waals surface area contributed by atoms with Gasteiger partial charge in [0.15, 0.2) is 0 Å². The third-order valence-electron chi connectivity index (χ3n) is 3.90. The molecule has 0 nitrogen and oxygen atoms in total. The molecule has 0 fully saturated rings. The molecule has 1 radical (unpaired) electrons. The van der Waals surface area contributed by atoms with Gasteiger partial charge >= 0.3 is 0 Å². The molecule has 0 heterocycles. The smallest absolute Gasteiger partial charge is 0.0270 e. The first-order chi connectivity index (χ1) is 7.59. The highest BCUT2D eigenvalue weighted by Gasteiger charge is 2.30. The van der Waals surface area contributed by atoms with Crippen LogP contribution in [0.5, 0.6) is 0 Å². The van der Waals surface area contributed by atoms with E-state index in [1.165, 1.54) is 29.9 Å². The second-order valence-electron chi connectivity index (χ2n) is 5.94. The Hall–Kier alpha value is -1.04. The topological polar surface area (TPSA) is 0 Å². The standard InChI is InChI=1S/C16H19/c1-4-11-5-6-12-7-13-9-16(2,3)10-14(13)8-15(11)12/h5-8H,4,9-10H2,1-3H3. The third kappa shape index (κ3) is 1.43. The van der Waals surface area contributed by atoms with E-state index < -0.39 is 0 Å². The Balaban J connectivity index is 2.06. The molecule has 0 spiro atoms.